The quantitative estimate of drug-likeness (QED) is 0.873. The maximum absolute atomic E-state index is 5.80. The fourth-order valence-electron chi connectivity index (χ4n) is 2.46. The molecule has 0 bridgehead atoms. The Labute approximate surface area is 108 Å². The number of nitrogens with two attached hydrogens (primary N) is 1. The van der Waals surface area contributed by atoms with Gasteiger partial charge in [-0.3, -0.25) is 0 Å². The van der Waals surface area contributed by atoms with E-state index in [2.05, 4.69) is 23.7 Å². The van der Waals surface area contributed by atoms with Crippen LogP contribution in [0.5, 0.6) is 0 Å². The second-order valence-corrected chi connectivity index (χ2v) is 6.40. The first kappa shape index (κ1) is 12.7. The highest BCUT2D eigenvalue weighted by Crippen LogP contribution is 2.32. The van der Waals surface area contributed by atoms with Crippen molar-refractivity contribution in [1.82, 2.24) is 4.98 Å². The Morgan fingerprint density at radius 3 is 2.71 bits per heavy atom. The summed E-state index contributed by atoms with van der Waals surface area (Å²) in [6.07, 6.45) is 8.38. The summed E-state index contributed by atoms with van der Waals surface area (Å²) in [5.41, 5.74) is 5.80. The van der Waals surface area contributed by atoms with Crippen LogP contribution in [0.1, 0.15) is 46.0 Å². The third-order valence-electron chi connectivity index (χ3n) is 3.47. The molecule has 17 heavy (non-hydrogen) atoms. The minimum Gasteiger partial charge on any atom is -0.389 e. The third kappa shape index (κ3) is 3.35. The molecule has 0 aromatic carbocycles. The van der Waals surface area contributed by atoms with Gasteiger partial charge in [-0.1, -0.05) is 38.0 Å². The zero-order valence-electron chi connectivity index (χ0n) is 10.9. The van der Waals surface area contributed by atoms with E-state index in [1.54, 1.807) is 17.5 Å². The molecule has 2 rings (SSSR count). The van der Waals surface area contributed by atoms with Gasteiger partial charge in [0.15, 0.2) is 5.13 Å². The summed E-state index contributed by atoms with van der Waals surface area (Å²) in [6.45, 7) is 5.68. The zero-order valence-corrected chi connectivity index (χ0v) is 11.7. The summed E-state index contributed by atoms with van der Waals surface area (Å²) in [5.74, 6) is 0.746. The molecular formula is C13H23N3S. The molecule has 1 aromatic heterocycles. The van der Waals surface area contributed by atoms with Gasteiger partial charge >= 0.3 is 0 Å². The van der Waals surface area contributed by atoms with Gasteiger partial charge in [-0.2, -0.15) is 0 Å². The van der Waals surface area contributed by atoms with Gasteiger partial charge < -0.3 is 10.6 Å². The molecule has 1 aromatic rings. The molecule has 0 amide bonds. The molecule has 1 saturated carbocycles. The molecular weight excluding hydrogens is 230 g/mol. The molecule has 0 aliphatic heterocycles. The van der Waals surface area contributed by atoms with E-state index in [1.807, 2.05) is 0 Å². The van der Waals surface area contributed by atoms with Crippen LogP contribution in [0.2, 0.25) is 0 Å². The number of nitrogens with zero attached hydrogens (tertiary/aromatic N) is 2. The highest BCUT2D eigenvalue weighted by molar-refractivity contribution is 7.19. The van der Waals surface area contributed by atoms with Gasteiger partial charge in [-0.05, 0) is 25.2 Å². The molecule has 0 saturated heterocycles. The van der Waals surface area contributed by atoms with Gasteiger partial charge in [0.1, 0.15) is 5.00 Å². The van der Waals surface area contributed by atoms with Gasteiger partial charge in [0.2, 0.25) is 0 Å². The molecule has 0 unspecified atom stereocenters. The van der Waals surface area contributed by atoms with Crippen molar-refractivity contribution in [2.75, 3.05) is 17.2 Å². The number of anilines is 2. The summed E-state index contributed by atoms with van der Waals surface area (Å²) >= 11 is 1.63. The predicted molar refractivity (Wildman–Crippen MR) is 75.6 cm³/mol. The summed E-state index contributed by atoms with van der Waals surface area (Å²) < 4.78 is 0. The van der Waals surface area contributed by atoms with Crippen molar-refractivity contribution in [3.63, 3.8) is 0 Å². The highest BCUT2D eigenvalue weighted by atomic mass is 32.1. The van der Waals surface area contributed by atoms with Crippen molar-refractivity contribution in [3.05, 3.63) is 6.20 Å². The highest BCUT2D eigenvalue weighted by Gasteiger charge is 2.24. The minimum atomic E-state index is 0.694. The first-order valence-electron chi connectivity index (χ1n) is 6.64. The van der Waals surface area contributed by atoms with E-state index in [4.69, 9.17) is 5.73 Å². The van der Waals surface area contributed by atoms with E-state index >= 15 is 0 Å². The first-order valence-corrected chi connectivity index (χ1v) is 7.46. The van der Waals surface area contributed by atoms with Crippen LogP contribution in [0.4, 0.5) is 10.1 Å². The van der Waals surface area contributed by atoms with Gasteiger partial charge in [0.05, 0.1) is 6.20 Å². The van der Waals surface area contributed by atoms with Crippen LogP contribution in [-0.2, 0) is 0 Å². The van der Waals surface area contributed by atoms with Gasteiger partial charge in [-0.15, -0.1) is 0 Å². The lowest BCUT2D eigenvalue weighted by Gasteiger charge is -2.29. The zero-order chi connectivity index (χ0) is 12.3. The normalized spacial score (nSPS) is 16.9. The molecule has 2 N–H and O–H groups in total. The van der Waals surface area contributed by atoms with Crippen LogP contribution in [-0.4, -0.2) is 17.6 Å². The maximum atomic E-state index is 5.80. The van der Waals surface area contributed by atoms with Crippen molar-refractivity contribution in [2.24, 2.45) is 5.92 Å². The van der Waals surface area contributed by atoms with E-state index in [1.165, 1.54) is 32.1 Å². The van der Waals surface area contributed by atoms with Gasteiger partial charge in [0.25, 0.3) is 0 Å². The fourth-order valence-corrected chi connectivity index (χ4v) is 3.24. The predicted octanol–water partition coefficient (Wildman–Crippen LogP) is 3.52. The molecule has 1 aliphatic rings. The largest absolute Gasteiger partial charge is 0.389 e. The van der Waals surface area contributed by atoms with Crippen molar-refractivity contribution < 1.29 is 0 Å². The van der Waals surface area contributed by atoms with Crippen LogP contribution in [0.25, 0.3) is 0 Å². The van der Waals surface area contributed by atoms with Crippen LogP contribution in [0, 0.1) is 5.92 Å². The van der Waals surface area contributed by atoms with Crippen LogP contribution < -0.4 is 10.6 Å². The molecule has 1 fully saturated rings. The van der Waals surface area contributed by atoms with Gasteiger partial charge in [-0.25, -0.2) is 4.98 Å². The number of hydrogen-bond donors (Lipinski definition) is 1. The van der Waals surface area contributed by atoms with Crippen molar-refractivity contribution in [2.45, 2.75) is 52.0 Å². The first-order chi connectivity index (χ1) is 8.16. The Morgan fingerprint density at radius 2 is 2.18 bits per heavy atom. The average Bonchev–Trinajstić information content (AvgIpc) is 2.90. The number of nitrogen functional groups attached to an aromatic ring is 1. The summed E-state index contributed by atoms with van der Waals surface area (Å²) in [7, 11) is 0. The van der Waals surface area contributed by atoms with E-state index in [9.17, 15) is 0 Å². The Balaban J connectivity index is 2.05. The lowest BCUT2D eigenvalue weighted by molar-refractivity contribution is 0.528. The smallest absolute Gasteiger partial charge is 0.187 e. The molecule has 1 aliphatic carbocycles. The molecule has 1 heterocycles. The Morgan fingerprint density at radius 1 is 1.47 bits per heavy atom. The summed E-state index contributed by atoms with van der Waals surface area (Å²) in [4.78, 5) is 6.95. The van der Waals surface area contributed by atoms with Crippen molar-refractivity contribution >= 4 is 21.5 Å². The third-order valence-corrected chi connectivity index (χ3v) is 4.33. The second kappa shape index (κ2) is 5.71. The second-order valence-electron chi connectivity index (χ2n) is 5.36. The van der Waals surface area contributed by atoms with Crippen LogP contribution in [0.15, 0.2) is 6.20 Å². The number of thiazole rings is 1. The standard InChI is InChI=1S/C13H23N3S/c1-10(2)7-8-16(11-5-3-4-6-11)13-15-9-12(14)17-13/h9-11H,3-8,14H2,1-2H3. The fraction of sp³-hybridized carbons (Fsp3) is 0.769. The SMILES string of the molecule is CC(C)CCN(c1ncc(N)s1)C1CCCC1. The molecule has 0 radical (unpaired) electrons. The van der Waals surface area contributed by atoms with Crippen molar-refractivity contribution in [3.8, 4) is 0 Å². The van der Waals surface area contributed by atoms with Crippen LogP contribution in [0.3, 0.4) is 0 Å². The summed E-state index contributed by atoms with van der Waals surface area (Å²) in [6, 6.07) is 0.694. The Bertz CT molecular complexity index is 342. The van der Waals surface area contributed by atoms with E-state index in [-0.39, 0.29) is 0 Å². The van der Waals surface area contributed by atoms with E-state index in [0.717, 1.165) is 22.6 Å². The lowest BCUT2D eigenvalue weighted by atomic mass is 10.1. The minimum absolute atomic E-state index is 0.694. The molecule has 0 atom stereocenters. The molecule has 96 valence electrons. The van der Waals surface area contributed by atoms with E-state index < -0.39 is 0 Å². The summed E-state index contributed by atoms with van der Waals surface area (Å²) in [5, 5.41) is 1.95. The number of hydrogen-bond acceptors (Lipinski definition) is 4. The number of rotatable bonds is 5. The monoisotopic (exact) mass is 253 g/mol. The van der Waals surface area contributed by atoms with E-state index in [0.29, 0.717) is 6.04 Å². The van der Waals surface area contributed by atoms with Crippen LogP contribution >= 0.6 is 11.3 Å². The lowest BCUT2D eigenvalue weighted by Crippen LogP contribution is -2.34. The maximum Gasteiger partial charge on any atom is 0.187 e. The average molecular weight is 253 g/mol. The van der Waals surface area contributed by atoms with Gasteiger partial charge in [0, 0.05) is 12.6 Å². The Kier molecular flexibility index (Phi) is 4.26. The molecule has 3 nitrogen and oxygen atoms in total. The number of aromatic nitrogens is 1. The van der Waals surface area contributed by atoms with Crippen molar-refractivity contribution in [1.29, 1.82) is 0 Å². The Hall–Kier alpha value is -0.770. The molecule has 4 heteroatoms. The molecule has 0 spiro atoms. The topological polar surface area (TPSA) is 42.2 Å².